The Hall–Kier alpha value is -2.77. The molecule has 0 spiro atoms. The number of nitrogens with two attached hydrogens (primary N) is 1. The highest BCUT2D eigenvalue weighted by molar-refractivity contribution is 6.35. The van der Waals surface area contributed by atoms with Gasteiger partial charge in [0.1, 0.15) is 11.5 Å². The van der Waals surface area contributed by atoms with Crippen molar-refractivity contribution in [2.45, 2.75) is 6.54 Å². The SMILES string of the molecule is Nc1nc(-c2cnccn2)nc2nn(Cc3c(Cl)cccc3Cl)cc12. The number of halogens is 2. The van der Waals surface area contributed by atoms with E-state index in [0.717, 1.165) is 5.56 Å². The van der Waals surface area contributed by atoms with E-state index in [0.29, 0.717) is 45.0 Å². The molecule has 0 aliphatic rings. The maximum absolute atomic E-state index is 6.22. The summed E-state index contributed by atoms with van der Waals surface area (Å²) in [5.41, 5.74) is 7.83. The van der Waals surface area contributed by atoms with Gasteiger partial charge in [-0.1, -0.05) is 29.3 Å². The van der Waals surface area contributed by atoms with Gasteiger partial charge in [0, 0.05) is 34.2 Å². The molecule has 4 rings (SSSR count). The number of hydrogen-bond acceptors (Lipinski definition) is 6. The van der Waals surface area contributed by atoms with Crippen LogP contribution in [0, 0.1) is 0 Å². The third-order valence-corrected chi connectivity index (χ3v) is 4.34. The molecule has 0 radical (unpaired) electrons. The minimum Gasteiger partial charge on any atom is -0.383 e. The molecule has 9 heteroatoms. The lowest BCUT2D eigenvalue weighted by atomic mass is 10.2. The lowest BCUT2D eigenvalue weighted by molar-refractivity contribution is 0.693. The maximum atomic E-state index is 6.22. The zero-order valence-corrected chi connectivity index (χ0v) is 14.3. The van der Waals surface area contributed by atoms with E-state index in [-0.39, 0.29) is 0 Å². The van der Waals surface area contributed by atoms with Gasteiger partial charge < -0.3 is 5.73 Å². The van der Waals surface area contributed by atoms with Crippen LogP contribution in [-0.4, -0.2) is 29.7 Å². The molecule has 0 unspecified atom stereocenters. The molecule has 2 N–H and O–H groups in total. The Kier molecular flexibility index (Phi) is 3.95. The molecular weight excluding hydrogens is 361 g/mol. The zero-order chi connectivity index (χ0) is 17.4. The molecule has 3 heterocycles. The molecule has 0 saturated carbocycles. The Morgan fingerprint density at radius 1 is 1.08 bits per heavy atom. The Bertz CT molecular complexity index is 1040. The Balaban J connectivity index is 1.77. The fourth-order valence-electron chi connectivity index (χ4n) is 2.43. The lowest BCUT2D eigenvalue weighted by Gasteiger charge is -2.06. The Labute approximate surface area is 152 Å². The van der Waals surface area contributed by atoms with E-state index in [2.05, 4.69) is 25.0 Å². The van der Waals surface area contributed by atoms with Crippen molar-refractivity contribution in [3.05, 3.63) is 58.6 Å². The first-order valence-corrected chi connectivity index (χ1v) is 8.07. The first kappa shape index (κ1) is 15.7. The number of nitrogens with zero attached hydrogens (tertiary/aromatic N) is 6. The monoisotopic (exact) mass is 371 g/mol. The minimum absolute atomic E-state index is 0.321. The fourth-order valence-corrected chi connectivity index (χ4v) is 2.95. The van der Waals surface area contributed by atoms with Gasteiger partial charge in [0.15, 0.2) is 11.5 Å². The summed E-state index contributed by atoms with van der Waals surface area (Å²) in [6.07, 6.45) is 6.48. The van der Waals surface area contributed by atoms with Crippen LogP contribution < -0.4 is 5.73 Å². The van der Waals surface area contributed by atoms with E-state index >= 15 is 0 Å². The lowest BCUT2D eigenvalue weighted by Crippen LogP contribution is -2.01. The topological polar surface area (TPSA) is 95.4 Å². The standard InChI is InChI=1S/C16H11Cl2N7/c17-11-2-1-3-12(18)9(11)7-25-8-10-14(19)22-16(23-15(10)24-25)13-6-20-4-5-21-13/h1-6,8H,7H2,(H2,19,22,23,24). The number of fused-ring (bicyclic) bond motifs is 1. The highest BCUT2D eigenvalue weighted by atomic mass is 35.5. The van der Waals surface area contributed by atoms with E-state index in [1.165, 1.54) is 0 Å². The van der Waals surface area contributed by atoms with Gasteiger partial charge in [0.25, 0.3) is 0 Å². The first-order chi connectivity index (χ1) is 12.1. The molecule has 0 aliphatic carbocycles. The number of benzene rings is 1. The van der Waals surface area contributed by atoms with E-state index in [4.69, 9.17) is 28.9 Å². The van der Waals surface area contributed by atoms with Crippen molar-refractivity contribution in [1.82, 2.24) is 29.7 Å². The summed E-state index contributed by atoms with van der Waals surface area (Å²) < 4.78 is 1.68. The molecule has 0 atom stereocenters. The average Bonchev–Trinajstić information content (AvgIpc) is 3.02. The van der Waals surface area contributed by atoms with Crippen molar-refractivity contribution in [2.24, 2.45) is 0 Å². The van der Waals surface area contributed by atoms with Gasteiger partial charge in [-0.2, -0.15) is 5.10 Å². The van der Waals surface area contributed by atoms with E-state index < -0.39 is 0 Å². The number of aromatic nitrogens is 6. The molecule has 25 heavy (non-hydrogen) atoms. The van der Waals surface area contributed by atoms with Crippen LogP contribution in [0.1, 0.15) is 5.56 Å². The van der Waals surface area contributed by atoms with Crippen molar-refractivity contribution in [3.8, 4) is 11.5 Å². The summed E-state index contributed by atoms with van der Waals surface area (Å²) in [6, 6.07) is 5.36. The van der Waals surface area contributed by atoms with Crippen LogP contribution in [0.3, 0.4) is 0 Å². The van der Waals surface area contributed by atoms with Crippen LogP contribution in [0.25, 0.3) is 22.6 Å². The van der Waals surface area contributed by atoms with Gasteiger partial charge in [0.05, 0.1) is 18.1 Å². The van der Waals surface area contributed by atoms with Crippen molar-refractivity contribution in [1.29, 1.82) is 0 Å². The van der Waals surface area contributed by atoms with Crippen LogP contribution in [0.5, 0.6) is 0 Å². The van der Waals surface area contributed by atoms with Crippen LogP contribution >= 0.6 is 23.2 Å². The quantitative estimate of drug-likeness (QED) is 0.593. The highest BCUT2D eigenvalue weighted by Gasteiger charge is 2.13. The van der Waals surface area contributed by atoms with E-state index in [1.807, 2.05) is 0 Å². The van der Waals surface area contributed by atoms with Crippen molar-refractivity contribution in [3.63, 3.8) is 0 Å². The van der Waals surface area contributed by atoms with Crippen molar-refractivity contribution >= 4 is 40.1 Å². The summed E-state index contributed by atoms with van der Waals surface area (Å²) in [5, 5.41) is 6.26. The maximum Gasteiger partial charge on any atom is 0.187 e. The molecule has 0 amide bonds. The normalized spacial score (nSPS) is 11.1. The van der Waals surface area contributed by atoms with E-state index in [1.54, 1.807) is 47.7 Å². The minimum atomic E-state index is 0.321. The molecule has 0 fully saturated rings. The summed E-state index contributed by atoms with van der Waals surface area (Å²) in [5.74, 6) is 0.696. The van der Waals surface area contributed by atoms with Crippen LogP contribution in [-0.2, 0) is 6.54 Å². The van der Waals surface area contributed by atoms with Crippen molar-refractivity contribution < 1.29 is 0 Å². The molecule has 124 valence electrons. The number of rotatable bonds is 3. The van der Waals surface area contributed by atoms with Gasteiger partial charge in [0.2, 0.25) is 0 Å². The Morgan fingerprint density at radius 2 is 1.88 bits per heavy atom. The number of anilines is 1. The van der Waals surface area contributed by atoms with Gasteiger partial charge in [-0.05, 0) is 12.1 Å². The molecule has 1 aromatic carbocycles. The molecule has 0 bridgehead atoms. The average molecular weight is 372 g/mol. The van der Waals surface area contributed by atoms with Gasteiger partial charge in [-0.25, -0.2) is 15.0 Å². The summed E-state index contributed by atoms with van der Waals surface area (Å²) in [6.45, 7) is 0.398. The number of hydrogen-bond donors (Lipinski definition) is 1. The molecular formula is C16H11Cl2N7. The second-order valence-electron chi connectivity index (χ2n) is 5.29. The van der Waals surface area contributed by atoms with Gasteiger partial charge >= 0.3 is 0 Å². The van der Waals surface area contributed by atoms with Gasteiger partial charge in [-0.15, -0.1) is 0 Å². The molecule has 7 nitrogen and oxygen atoms in total. The largest absolute Gasteiger partial charge is 0.383 e. The van der Waals surface area contributed by atoms with Crippen LogP contribution in [0.2, 0.25) is 10.0 Å². The predicted molar refractivity (Wildman–Crippen MR) is 96.3 cm³/mol. The van der Waals surface area contributed by atoms with Gasteiger partial charge in [-0.3, -0.25) is 9.67 Å². The molecule has 3 aromatic heterocycles. The van der Waals surface area contributed by atoms with Crippen molar-refractivity contribution in [2.75, 3.05) is 5.73 Å². The fraction of sp³-hybridized carbons (Fsp3) is 0.0625. The first-order valence-electron chi connectivity index (χ1n) is 7.32. The molecule has 0 aliphatic heterocycles. The second-order valence-corrected chi connectivity index (χ2v) is 6.10. The third-order valence-electron chi connectivity index (χ3n) is 3.63. The third kappa shape index (κ3) is 2.99. The molecule has 4 aromatic rings. The van der Waals surface area contributed by atoms with Crippen LogP contribution in [0.15, 0.2) is 43.0 Å². The smallest absolute Gasteiger partial charge is 0.187 e. The summed E-state index contributed by atoms with van der Waals surface area (Å²) in [4.78, 5) is 16.9. The second kappa shape index (κ2) is 6.27. The van der Waals surface area contributed by atoms with Crippen LogP contribution in [0.4, 0.5) is 5.82 Å². The Morgan fingerprint density at radius 3 is 2.60 bits per heavy atom. The number of nitrogen functional groups attached to an aromatic ring is 1. The summed E-state index contributed by atoms with van der Waals surface area (Å²) >= 11 is 12.4. The predicted octanol–water partition coefficient (Wildman–Crippen LogP) is 3.22. The highest BCUT2D eigenvalue weighted by Crippen LogP contribution is 2.26. The zero-order valence-electron chi connectivity index (χ0n) is 12.8. The van der Waals surface area contributed by atoms with E-state index in [9.17, 15) is 0 Å². The molecule has 0 saturated heterocycles. The summed E-state index contributed by atoms with van der Waals surface area (Å²) in [7, 11) is 0.